The molecule has 2 aromatic carbocycles. The Kier molecular flexibility index (Phi) is 5.10. The lowest BCUT2D eigenvalue weighted by atomic mass is 9.95. The summed E-state index contributed by atoms with van der Waals surface area (Å²) in [5.74, 6) is 0.964. The highest BCUT2D eigenvalue weighted by atomic mass is 35.5. The number of carbonyl (C=O) groups excluding carboxylic acids is 1. The van der Waals surface area contributed by atoms with Crippen molar-refractivity contribution in [2.75, 3.05) is 13.7 Å². The van der Waals surface area contributed by atoms with E-state index < -0.39 is 0 Å². The Morgan fingerprint density at radius 2 is 1.79 bits per heavy atom. The van der Waals surface area contributed by atoms with Crippen LogP contribution in [0.1, 0.15) is 30.4 Å². The second-order valence-electron chi connectivity index (χ2n) is 6.41. The van der Waals surface area contributed by atoms with E-state index in [0.29, 0.717) is 13.0 Å². The van der Waals surface area contributed by atoms with Crippen LogP contribution in [-0.2, 0) is 16.6 Å². The quantitative estimate of drug-likeness (QED) is 0.821. The number of aryl methyl sites for hydroxylation is 1. The third-order valence-electron chi connectivity index (χ3n) is 4.73. The number of hydrogen-bond donors (Lipinski definition) is 1. The first-order chi connectivity index (χ1) is 11.6. The van der Waals surface area contributed by atoms with E-state index in [1.165, 1.54) is 5.56 Å². The second kappa shape index (κ2) is 7.27. The molecular weight excluding hydrogens is 322 g/mol. The molecule has 3 rings (SSSR count). The zero-order chi connectivity index (χ0) is 17.0. The van der Waals surface area contributed by atoms with E-state index >= 15 is 0 Å². The summed E-state index contributed by atoms with van der Waals surface area (Å²) in [6, 6.07) is 15.8. The summed E-state index contributed by atoms with van der Waals surface area (Å²) in [5, 5.41) is 3.82. The van der Waals surface area contributed by atoms with E-state index in [2.05, 4.69) is 17.4 Å². The number of amides is 1. The molecule has 126 valence electrons. The molecule has 4 heteroatoms. The predicted molar refractivity (Wildman–Crippen MR) is 96.7 cm³/mol. The molecule has 0 radical (unpaired) electrons. The van der Waals surface area contributed by atoms with Crippen molar-refractivity contribution in [3.8, 4) is 5.75 Å². The Hall–Kier alpha value is -2.00. The van der Waals surface area contributed by atoms with Gasteiger partial charge in [0.2, 0.25) is 5.91 Å². The molecule has 0 atom stereocenters. The smallest absolute Gasteiger partial charge is 0.220 e. The van der Waals surface area contributed by atoms with E-state index in [0.717, 1.165) is 35.6 Å². The van der Waals surface area contributed by atoms with Gasteiger partial charge >= 0.3 is 0 Å². The van der Waals surface area contributed by atoms with Crippen LogP contribution < -0.4 is 10.1 Å². The van der Waals surface area contributed by atoms with Gasteiger partial charge in [0.05, 0.1) is 7.11 Å². The van der Waals surface area contributed by atoms with Gasteiger partial charge < -0.3 is 10.1 Å². The first-order valence-electron chi connectivity index (χ1n) is 8.27. The van der Waals surface area contributed by atoms with Crippen LogP contribution in [0.15, 0.2) is 48.5 Å². The maximum absolute atomic E-state index is 12.1. The van der Waals surface area contributed by atoms with Gasteiger partial charge in [-0.25, -0.2) is 0 Å². The van der Waals surface area contributed by atoms with Crippen molar-refractivity contribution < 1.29 is 9.53 Å². The summed E-state index contributed by atoms with van der Waals surface area (Å²) >= 11 is 5.87. The number of benzene rings is 2. The molecular formula is C20H22ClNO2. The summed E-state index contributed by atoms with van der Waals surface area (Å²) < 4.78 is 5.20. The van der Waals surface area contributed by atoms with Crippen LogP contribution in [0.25, 0.3) is 0 Å². The fourth-order valence-corrected chi connectivity index (χ4v) is 3.05. The van der Waals surface area contributed by atoms with Gasteiger partial charge in [0.25, 0.3) is 0 Å². The third-order valence-corrected chi connectivity index (χ3v) is 4.99. The average Bonchev–Trinajstić information content (AvgIpc) is 3.41. The van der Waals surface area contributed by atoms with Crippen LogP contribution in [0.5, 0.6) is 5.75 Å². The van der Waals surface area contributed by atoms with E-state index in [1.54, 1.807) is 7.11 Å². The zero-order valence-corrected chi connectivity index (χ0v) is 14.6. The summed E-state index contributed by atoms with van der Waals surface area (Å²) in [6.45, 7) is 0.707. The molecule has 0 saturated heterocycles. The molecule has 0 bridgehead atoms. The number of carbonyl (C=O) groups is 1. The molecule has 1 N–H and O–H groups in total. The Morgan fingerprint density at radius 3 is 2.38 bits per heavy atom. The lowest BCUT2D eigenvalue weighted by Gasteiger charge is -2.17. The number of nitrogens with one attached hydrogen (secondary N) is 1. The minimum absolute atomic E-state index is 0.102. The van der Waals surface area contributed by atoms with Gasteiger partial charge in [-0.05, 0) is 54.7 Å². The molecule has 1 amide bonds. The van der Waals surface area contributed by atoms with Crippen molar-refractivity contribution in [2.45, 2.75) is 31.1 Å². The fraction of sp³-hybridized carbons (Fsp3) is 0.350. The first-order valence-corrected chi connectivity index (χ1v) is 8.65. The van der Waals surface area contributed by atoms with Crippen LogP contribution >= 0.6 is 11.6 Å². The van der Waals surface area contributed by atoms with Gasteiger partial charge in [-0.1, -0.05) is 35.9 Å². The molecule has 0 spiro atoms. The molecule has 1 saturated carbocycles. The van der Waals surface area contributed by atoms with Crippen LogP contribution in [-0.4, -0.2) is 19.6 Å². The maximum atomic E-state index is 12.1. The number of halogens is 1. The van der Waals surface area contributed by atoms with Crippen LogP contribution in [0.3, 0.4) is 0 Å². The van der Waals surface area contributed by atoms with Crippen molar-refractivity contribution >= 4 is 17.5 Å². The molecule has 3 nitrogen and oxygen atoms in total. The Morgan fingerprint density at radius 1 is 1.12 bits per heavy atom. The van der Waals surface area contributed by atoms with Gasteiger partial charge in [0, 0.05) is 23.4 Å². The van der Waals surface area contributed by atoms with Crippen molar-refractivity contribution in [3.63, 3.8) is 0 Å². The SMILES string of the molecule is COc1ccc(C2(CNC(=O)CCc3ccc(Cl)cc3)CC2)cc1. The largest absolute Gasteiger partial charge is 0.497 e. The minimum Gasteiger partial charge on any atom is -0.497 e. The number of rotatable bonds is 7. The van der Waals surface area contributed by atoms with Crippen molar-refractivity contribution in [3.05, 3.63) is 64.7 Å². The van der Waals surface area contributed by atoms with Gasteiger partial charge in [0.15, 0.2) is 0 Å². The molecule has 1 aliphatic carbocycles. The van der Waals surface area contributed by atoms with Crippen molar-refractivity contribution in [1.82, 2.24) is 5.32 Å². The van der Waals surface area contributed by atoms with Gasteiger partial charge in [-0.15, -0.1) is 0 Å². The normalized spacial score (nSPS) is 14.9. The minimum atomic E-state index is 0.102. The molecule has 1 aliphatic rings. The maximum Gasteiger partial charge on any atom is 0.220 e. The zero-order valence-electron chi connectivity index (χ0n) is 13.8. The number of ether oxygens (including phenoxy) is 1. The molecule has 0 heterocycles. The standard InChI is InChI=1S/C20H22ClNO2/c1-24-18-9-5-16(6-10-18)20(12-13-20)14-22-19(23)11-4-15-2-7-17(21)8-3-15/h2-3,5-10H,4,11-14H2,1H3,(H,22,23). The van der Waals surface area contributed by atoms with E-state index in [-0.39, 0.29) is 11.3 Å². The molecule has 0 aliphatic heterocycles. The Labute approximate surface area is 148 Å². The van der Waals surface area contributed by atoms with Gasteiger partial charge in [-0.2, -0.15) is 0 Å². The van der Waals surface area contributed by atoms with Crippen LogP contribution in [0.4, 0.5) is 0 Å². The van der Waals surface area contributed by atoms with E-state index in [1.807, 2.05) is 36.4 Å². The lowest BCUT2D eigenvalue weighted by Crippen LogP contribution is -2.32. The molecule has 1 fully saturated rings. The molecule has 2 aromatic rings. The highest BCUT2D eigenvalue weighted by Crippen LogP contribution is 2.47. The summed E-state index contributed by atoms with van der Waals surface area (Å²) in [4.78, 5) is 12.1. The Bertz CT molecular complexity index is 691. The fourth-order valence-electron chi connectivity index (χ4n) is 2.93. The lowest BCUT2D eigenvalue weighted by molar-refractivity contribution is -0.121. The van der Waals surface area contributed by atoms with Crippen LogP contribution in [0, 0.1) is 0 Å². The van der Waals surface area contributed by atoms with Crippen molar-refractivity contribution in [2.24, 2.45) is 0 Å². The Balaban J connectivity index is 1.49. The number of methoxy groups -OCH3 is 1. The van der Waals surface area contributed by atoms with E-state index in [4.69, 9.17) is 16.3 Å². The molecule has 24 heavy (non-hydrogen) atoms. The second-order valence-corrected chi connectivity index (χ2v) is 6.85. The average molecular weight is 344 g/mol. The highest BCUT2D eigenvalue weighted by molar-refractivity contribution is 6.30. The highest BCUT2D eigenvalue weighted by Gasteiger charge is 2.44. The van der Waals surface area contributed by atoms with Gasteiger partial charge in [0.1, 0.15) is 5.75 Å². The topological polar surface area (TPSA) is 38.3 Å². The predicted octanol–water partition coefficient (Wildman–Crippen LogP) is 4.13. The summed E-state index contributed by atoms with van der Waals surface area (Å²) in [5.41, 5.74) is 2.52. The van der Waals surface area contributed by atoms with Crippen molar-refractivity contribution in [1.29, 1.82) is 0 Å². The summed E-state index contributed by atoms with van der Waals surface area (Å²) in [6.07, 6.45) is 3.48. The monoisotopic (exact) mass is 343 g/mol. The first kappa shape index (κ1) is 16.8. The van der Waals surface area contributed by atoms with Gasteiger partial charge in [-0.3, -0.25) is 4.79 Å². The van der Waals surface area contributed by atoms with Crippen LogP contribution in [0.2, 0.25) is 5.02 Å². The third kappa shape index (κ3) is 4.09. The number of hydrogen-bond acceptors (Lipinski definition) is 2. The molecule has 0 aromatic heterocycles. The molecule has 0 unspecified atom stereocenters. The van der Waals surface area contributed by atoms with E-state index in [9.17, 15) is 4.79 Å². The summed E-state index contributed by atoms with van der Waals surface area (Å²) in [7, 11) is 1.67.